The molecular formula is C20H25ClN2O6S. The molecule has 164 valence electrons. The fraction of sp³-hybridized carbons (Fsp3) is 0.550. The highest BCUT2D eigenvalue weighted by molar-refractivity contribution is 7.91. The summed E-state index contributed by atoms with van der Waals surface area (Å²) in [6.07, 6.45) is 1.32. The molecule has 1 aromatic rings. The number of piperidine rings is 1. The zero-order chi connectivity index (χ0) is 21.9. The van der Waals surface area contributed by atoms with Crippen molar-refractivity contribution in [3.05, 3.63) is 34.9 Å². The fourth-order valence-corrected chi connectivity index (χ4v) is 5.63. The van der Waals surface area contributed by atoms with Crippen LogP contribution in [0.1, 0.15) is 29.6 Å². The van der Waals surface area contributed by atoms with Crippen LogP contribution in [0.5, 0.6) is 0 Å². The van der Waals surface area contributed by atoms with Crippen molar-refractivity contribution in [1.82, 2.24) is 9.80 Å². The van der Waals surface area contributed by atoms with Gasteiger partial charge in [0.2, 0.25) is 0 Å². The standard InChI is InChI=1S/C20H25ClN2O6S/c1-22(17-8-11-30(27,28)13-17)18(24)12-29-20(26)15-6-9-23(10-7-15)19(25)14-2-4-16(21)5-3-14/h2-5,15,17H,6-13H2,1H3. The lowest BCUT2D eigenvalue weighted by Crippen LogP contribution is -2.42. The summed E-state index contributed by atoms with van der Waals surface area (Å²) in [4.78, 5) is 40.1. The Labute approximate surface area is 181 Å². The first kappa shape index (κ1) is 22.6. The molecule has 2 fully saturated rings. The smallest absolute Gasteiger partial charge is 0.309 e. The topological polar surface area (TPSA) is 101 Å². The van der Waals surface area contributed by atoms with Gasteiger partial charge in [-0.05, 0) is 43.5 Å². The monoisotopic (exact) mass is 456 g/mol. The summed E-state index contributed by atoms with van der Waals surface area (Å²) in [6.45, 7) is 0.444. The average Bonchev–Trinajstić information content (AvgIpc) is 3.11. The number of sulfone groups is 1. The van der Waals surface area contributed by atoms with Gasteiger partial charge in [-0.2, -0.15) is 0 Å². The van der Waals surface area contributed by atoms with E-state index in [0.717, 1.165) is 0 Å². The second-order valence-corrected chi connectivity index (χ2v) is 10.4. The van der Waals surface area contributed by atoms with Gasteiger partial charge in [0.15, 0.2) is 16.4 Å². The third-order valence-electron chi connectivity index (χ3n) is 5.69. The van der Waals surface area contributed by atoms with Crippen LogP contribution in [0.3, 0.4) is 0 Å². The molecule has 2 saturated heterocycles. The van der Waals surface area contributed by atoms with Gasteiger partial charge in [0.25, 0.3) is 11.8 Å². The Morgan fingerprint density at radius 1 is 1.13 bits per heavy atom. The van der Waals surface area contributed by atoms with Crippen molar-refractivity contribution in [2.45, 2.75) is 25.3 Å². The van der Waals surface area contributed by atoms with Gasteiger partial charge in [0.05, 0.1) is 17.4 Å². The molecule has 1 unspecified atom stereocenters. The Bertz CT molecular complexity index is 910. The number of likely N-dealkylation sites (tertiary alicyclic amines) is 1. The van der Waals surface area contributed by atoms with Gasteiger partial charge >= 0.3 is 5.97 Å². The third kappa shape index (κ3) is 5.51. The number of carbonyl (C=O) groups excluding carboxylic acids is 3. The number of nitrogens with zero attached hydrogens (tertiary/aromatic N) is 2. The maximum atomic E-state index is 12.5. The van der Waals surface area contributed by atoms with E-state index in [4.69, 9.17) is 16.3 Å². The third-order valence-corrected chi connectivity index (χ3v) is 7.70. The van der Waals surface area contributed by atoms with Crippen LogP contribution < -0.4 is 0 Å². The number of carbonyl (C=O) groups is 3. The Kier molecular flexibility index (Phi) is 7.02. The van der Waals surface area contributed by atoms with E-state index in [1.165, 1.54) is 11.9 Å². The van der Waals surface area contributed by atoms with Gasteiger partial charge in [-0.15, -0.1) is 0 Å². The Balaban J connectivity index is 1.43. The molecular weight excluding hydrogens is 432 g/mol. The van der Waals surface area contributed by atoms with E-state index in [9.17, 15) is 22.8 Å². The number of likely N-dealkylation sites (N-methyl/N-ethyl adjacent to an activating group) is 1. The Morgan fingerprint density at radius 2 is 1.77 bits per heavy atom. The molecule has 1 aromatic carbocycles. The number of ether oxygens (including phenoxy) is 1. The van der Waals surface area contributed by atoms with Crippen LogP contribution >= 0.6 is 11.6 Å². The maximum Gasteiger partial charge on any atom is 0.309 e. The van der Waals surface area contributed by atoms with E-state index in [0.29, 0.717) is 42.9 Å². The number of hydrogen-bond acceptors (Lipinski definition) is 6. The van der Waals surface area contributed by atoms with Gasteiger partial charge in [-0.1, -0.05) is 11.6 Å². The highest BCUT2D eigenvalue weighted by Crippen LogP contribution is 2.21. The van der Waals surface area contributed by atoms with Crippen molar-refractivity contribution in [2.24, 2.45) is 5.92 Å². The Hall–Kier alpha value is -2.13. The lowest BCUT2D eigenvalue weighted by Gasteiger charge is -2.31. The number of rotatable bonds is 5. The van der Waals surface area contributed by atoms with Gasteiger partial charge in [0.1, 0.15) is 0 Å². The molecule has 0 spiro atoms. The molecule has 3 rings (SSSR count). The summed E-state index contributed by atoms with van der Waals surface area (Å²) in [5, 5.41) is 0.558. The molecule has 8 nitrogen and oxygen atoms in total. The van der Waals surface area contributed by atoms with Gasteiger partial charge in [-0.3, -0.25) is 14.4 Å². The molecule has 1 atom stereocenters. The first-order valence-electron chi connectivity index (χ1n) is 9.84. The van der Waals surface area contributed by atoms with Gasteiger partial charge in [-0.25, -0.2) is 8.42 Å². The van der Waals surface area contributed by atoms with Gasteiger partial charge in [0, 0.05) is 36.8 Å². The molecule has 0 aliphatic carbocycles. The number of amides is 2. The summed E-state index contributed by atoms with van der Waals surface area (Å²) in [7, 11) is -1.57. The van der Waals surface area contributed by atoms with Crippen LogP contribution in [-0.2, 0) is 24.2 Å². The predicted octanol–water partition coefficient (Wildman–Crippen LogP) is 1.38. The van der Waals surface area contributed by atoms with Crippen LogP contribution in [0.4, 0.5) is 0 Å². The van der Waals surface area contributed by atoms with Crippen LogP contribution in [0.25, 0.3) is 0 Å². The molecule has 10 heteroatoms. The molecule has 2 aliphatic rings. The van der Waals surface area contributed by atoms with Crippen molar-refractivity contribution in [2.75, 3.05) is 38.2 Å². The molecule has 2 heterocycles. The molecule has 2 amide bonds. The van der Waals surface area contributed by atoms with E-state index in [1.54, 1.807) is 29.2 Å². The van der Waals surface area contributed by atoms with Crippen molar-refractivity contribution < 1.29 is 27.5 Å². The maximum absolute atomic E-state index is 12.5. The molecule has 2 aliphatic heterocycles. The number of benzene rings is 1. The minimum Gasteiger partial charge on any atom is -0.455 e. The van der Waals surface area contributed by atoms with Crippen molar-refractivity contribution in [3.8, 4) is 0 Å². The van der Waals surface area contributed by atoms with E-state index in [1.807, 2.05) is 0 Å². The lowest BCUT2D eigenvalue weighted by molar-refractivity contribution is -0.156. The summed E-state index contributed by atoms with van der Waals surface area (Å²) in [6, 6.07) is 6.29. The largest absolute Gasteiger partial charge is 0.455 e. The highest BCUT2D eigenvalue weighted by Gasteiger charge is 2.34. The Morgan fingerprint density at radius 3 is 2.33 bits per heavy atom. The quantitative estimate of drug-likeness (QED) is 0.620. The lowest BCUT2D eigenvalue weighted by atomic mass is 9.96. The SMILES string of the molecule is CN(C(=O)COC(=O)C1CCN(C(=O)c2ccc(Cl)cc2)CC1)C1CCS(=O)(=O)C1. The van der Waals surface area contributed by atoms with Crippen molar-refractivity contribution in [3.63, 3.8) is 0 Å². The predicted molar refractivity (Wildman–Crippen MR) is 111 cm³/mol. The fourth-order valence-electron chi connectivity index (χ4n) is 3.73. The van der Waals surface area contributed by atoms with E-state index in [-0.39, 0.29) is 29.4 Å². The van der Waals surface area contributed by atoms with Crippen LogP contribution in [0, 0.1) is 5.92 Å². The molecule has 30 heavy (non-hydrogen) atoms. The van der Waals surface area contributed by atoms with Crippen molar-refractivity contribution in [1.29, 1.82) is 0 Å². The number of esters is 1. The van der Waals surface area contributed by atoms with Gasteiger partial charge < -0.3 is 14.5 Å². The molecule has 0 radical (unpaired) electrons. The highest BCUT2D eigenvalue weighted by atomic mass is 35.5. The zero-order valence-electron chi connectivity index (χ0n) is 16.8. The molecule has 0 aromatic heterocycles. The summed E-state index contributed by atoms with van der Waals surface area (Å²) < 4.78 is 28.3. The first-order chi connectivity index (χ1) is 14.2. The van der Waals surface area contributed by atoms with E-state index < -0.39 is 28.3 Å². The summed E-state index contributed by atoms with van der Waals surface area (Å²) >= 11 is 5.85. The van der Waals surface area contributed by atoms with Crippen LogP contribution in [0.2, 0.25) is 5.02 Å². The zero-order valence-corrected chi connectivity index (χ0v) is 18.3. The summed E-state index contributed by atoms with van der Waals surface area (Å²) in [5.41, 5.74) is 0.544. The minimum atomic E-state index is -3.10. The summed E-state index contributed by atoms with van der Waals surface area (Å²) in [5.74, 6) is -1.34. The first-order valence-corrected chi connectivity index (χ1v) is 12.0. The van der Waals surface area contributed by atoms with Crippen LogP contribution in [0.15, 0.2) is 24.3 Å². The van der Waals surface area contributed by atoms with E-state index >= 15 is 0 Å². The average molecular weight is 457 g/mol. The van der Waals surface area contributed by atoms with Crippen LogP contribution in [-0.4, -0.2) is 80.3 Å². The van der Waals surface area contributed by atoms with E-state index in [2.05, 4.69) is 0 Å². The normalized spacial score (nSPS) is 21.3. The second-order valence-electron chi connectivity index (χ2n) is 7.74. The molecule has 0 saturated carbocycles. The molecule has 0 N–H and O–H groups in total. The minimum absolute atomic E-state index is 0.0523. The second kappa shape index (κ2) is 9.34. The van der Waals surface area contributed by atoms with Crippen molar-refractivity contribution >= 4 is 39.2 Å². The number of hydrogen-bond donors (Lipinski definition) is 0. The number of halogens is 1. The molecule has 0 bridgehead atoms.